The van der Waals surface area contributed by atoms with Gasteiger partial charge < -0.3 is 14.0 Å². The normalized spacial score (nSPS) is 18.5. The largest absolute Gasteiger partial charge is 0.498 e. The lowest BCUT2D eigenvalue weighted by Gasteiger charge is -2.32. The van der Waals surface area contributed by atoms with Crippen LogP contribution < -0.4 is 5.46 Å². The highest BCUT2D eigenvalue weighted by Gasteiger charge is 2.54. The Labute approximate surface area is 188 Å². The Bertz CT molecular complexity index is 950. The molecule has 0 amide bonds. The predicted molar refractivity (Wildman–Crippen MR) is 119 cm³/mol. The van der Waals surface area contributed by atoms with Crippen molar-refractivity contribution in [2.24, 2.45) is 0 Å². The monoisotopic (exact) mass is 472 g/mol. The Morgan fingerprint density at radius 1 is 1.06 bits per heavy atom. The van der Waals surface area contributed by atoms with Crippen LogP contribution in [0.15, 0.2) is 12.4 Å². The molecule has 7 nitrogen and oxygen atoms in total. The first-order chi connectivity index (χ1) is 14.5. The third kappa shape index (κ3) is 5.29. The Balaban J connectivity index is 1.86. The van der Waals surface area contributed by atoms with Crippen molar-refractivity contribution in [3.63, 3.8) is 0 Å². The van der Waals surface area contributed by atoms with Crippen molar-refractivity contribution < 1.29 is 27.2 Å². The molecule has 12 heteroatoms. The summed E-state index contributed by atoms with van der Waals surface area (Å²) in [6, 6.07) is 1.02. The van der Waals surface area contributed by atoms with Gasteiger partial charge in [-0.3, -0.25) is 0 Å². The minimum absolute atomic E-state index is 0.170. The van der Waals surface area contributed by atoms with E-state index < -0.39 is 38.3 Å². The molecule has 32 heavy (non-hydrogen) atoms. The summed E-state index contributed by atoms with van der Waals surface area (Å²) in [6.45, 7) is 16.6. The Kier molecular flexibility index (Phi) is 6.49. The third-order valence-electron chi connectivity index (χ3n) is 5.87. The number of aryl methyl sites for hydroxylation is 1. The lowest BCUT2D eigenvalue weighted by Crippen LogP contribution is -2.41. The van der Waals surface area contributed by atoms with E-state index >= 15 is 0 Å². The quantitative estimate of drug-likeness (QED) is 0.450. The second kappa shape index (κ2) is 8.30. The average Bonchev–Trinajstić information content (AvgIpc) is 3.25. The van der Waals surface area contributed by atoms with Gasteiger partial charge in [0.05, 0.1) is 11.2 Å². The van der Waals surface area contributed by atoms with Gasteiger partial charge >= 0.3 is 13.3 Å². The van der Waals surface area contributed by atoms with Crippen LogP contribution in [-0.4, -0.2) is 52.6 Å². The number of hydrogen-bond donors (Lipinski definition) is 0. The van der Waals surface area contributed by atoms with Gasteiger partial charge in [-0.25, -0.2) is 9.36 Å². The van der Waals surface area contributed by atoms with E-state index in [-0.39, 0.29) is 12.2 Å². The van der Waals surface area contributed by atoms with Crippen LogP contribution in [0.2, 0.25) is 25.7 Å². The summed E-state index contributed by atoms with van der Waals surface area (Å²) in [4.78, 5) is 0. The summed E-state index contributed by atoms with van der Waals surface area (Å²) < 4.78 is 61.5. The standard InChI is InChI=1S/C20H32BF3N4O3Si/c1-14-11-27(13-29-9-10-32(6,7)8)26-17(14)28-12-15(16(25-28)20(22,23)24)21-30-18(2,3)19(4,5)31-21/h11-12H,9-10,13H2,1-8H3. The van der Waals surface area contributed by atoms with Crippen molar-refractivity contribution in [1.29, 1.82) is 0 Å². The van der Waals surface area contributed by atoms with Crippen molar-refractivity contribution >= 4 is 20.7 Å². The highest BCUT2D eigenvalue weighted by atomic mass is 28.3. The van der Waals surface area contributed by atoms with Crippen LogP contribution in [0.4, 0.5) is 13.2 Å². The number of ether oxygens (including phenoxy) is 1. The van der Waals surface area contributed by atoms with Crippen LogP contribution in [0.25, 0.3) is 5.82 Å². The van der Waals surface area contributed by atoms with Gasteiger partial charge in [-0.1, -0.05) is 19.6 Å². The van der Waals surface area contributed by atoms with E-state index in [0.29, 0.717) is 18.0 Å². The summed E-state index contributed by atoms with van der Waals surface area (Å²) in [5, 5.41) is 8.20. The molecule has 0 aliphatic carbocycles. The summed E-state index contributed by atoms with van der Waals surface area (Å²) in [5.41, 5.74) is -2.08. The van der Waals surface area contributed by atoms with Gasteiger partial charge in [0, 0.05) is 38.1 Å². The number of rotatable bonds is 7. The first kappa shape index (κ1) is 25.0. The fourth-order valence-electron chi connectivity index (χ4n) is 3.20. The first-order valence-corrected chi connectivity index (χ1v) is 14.4. The Hall–Kier alpha value is -1.63. The second-order valence-corrected chi connectivity index (χ2v) is 16.1. The van der Waals surface area contributed by atoms with Crippen LogP contribution in [0.3, 0.4) is 0 Å². The molecule has 0 atom stereocenters. The first-order valence-electron chi connectivity index (χ1n) is 10.6. The molecule has 0 radical (unpaired) electrons. The number of nitrogens with zero attached hydrogens (tertiary/aromatic N) is 4. The van der Waals surface area contributed by atoms with Gasteiger partial charge in [0.25, 0.3) is 0 Å². The van der Waals surface area contributed by atoms with E-state index in [9.17, 15) is 13.2 Å². The van der Waals surface area contributed by atoms with Gasteiger partial charge in [0.1, 0.15) is 6.73 Å². The molecule has 0 spiro atoms. The van der Waals surface area contributed by atoms with Crippen LogP contribution in [0.1, 0.15) is 39.0 Å². The van der Waals surface area contributed by atoms with Gasteiger partial charge in [0.2, 0.25) is 0 Å². The second-order valence-electron chi connectivity index (χ2n) is 10.5. The predicted octanol–water partition coefficient (Wildman–Crippen LogP) is 4.01. The molecule has 0 saturated carbocycles. The smallest absolute Gasteiger partial charge is 0.399 e. The van der Waals surface area contributed by atoms with Gasteiger partial charge in [-0.2, -0.15) is 23.4 Å². The fraction of sp³-hybridized carbons (Fsp3) is 0.700. The van der Waals surface area contributed by atoms with E-state index in [4.69, 9.17) is 14.0 Å². The molecular weight excluding hydrogens is 440 g/mol. The molecule has 1 saturated heterocycles. The molecule has 178 valence electrons. The molecule has 0 aromatic carbocycles. The fourth-order valence-corrected chi connectivity index (χ4v) is 3.96. The van der Waals surface area contributed by atoms with Crippen molar-refractivity contribution in [3.8, 4) is 5.82 Å². The van der Waals surface area contributed by atoms with E-state index in [0.717, 1.165) is 10.7 Å². The minimum Gasteiger partial charge on any atom is -0.399 e. The molecule has 2 aromatic rings. The number of hydrogen-bond acceptors (Lipinski definition) is 5. The maximum Gasteiger partial charge on any atom is 0.498 e. The van der Waals surface area contributed by atoms with E-state index in [1.165, 1.54) is 6.20 Å². The Morgan fingerprint density at radius 3 is 2.19 bits per heavy atom. The summed E-state index contributed by atoms with van der Waals surface area (Å²) in [6.07, 6.45) is -1.65. The summed E-state index contributed by atoms with van der Waals surface area (Å²) in [7, 11) is -2.39. The van der Waals surface area contributed by atoms with E-state index in [1.807, 2.05) is 0 Å². The number of aromatic nitrogens is 4. The molecule has 3 heterocycles. The van der Waals surface area contributed by atoms with E-state index in [1.54, 1.807) is 45.5 Å². The van der Waals surface area contributed by atoms with Crippen LogP contribution in [-0.2, 0) is 27.0 Å². The lowest BCUT2D eigenvalue weighted by molar-refractivity contribution is -0.140. The molecule has 3 rings (SSSR count). The summed E-state index contributed by atoms with van der Waals surface area (Å²) >= 11 is 0. The van der Waals surface area contributed by atoms with Gasteiger partial charge in [-0.05, 0) is 40.7 Å². The van der Waals surface area contributed by atoms with Crippen molar-refractivity contribution in [2.45, 2.75) is 84.4 Å². The van der Waals surface area contributed by atoms with E-state index in [2.05, 4.69) is 29.8 Å². The van der Waals surface area contributed by atoms with Crippen LogP contribution >= 0.6 is 0 Å². The number of alkyl halides is 3. The maximum atomic E-state index is 13.8. The molecule has 1 fully saturated rings. The minimum atomic E-state index is -4.67. The highest BCUT2D eigenvalue weighted by Crippen LogP contribution is 2.38. The topological polar surface area (TPSA) is 63.3 Å². The average molecular weight is 472 g/mol. The highest BCUT2D eigenvalue weighted by molar-refractivity contribution is 6.76. The molecule has 1 aliphatic heterocycles. The Morgan fingerprint density at radius 2 is 1.66 bits per heavy atom. The zero-order valence-electron chi connectivity index (χ0n) is 20.0. The zero-order chi connectivity index (χ0) is 24.1. The maximum absolute atomic E-state index is 13.8. The van der Waals surface area contributed by atoms with Gasteiger partial charge in [0.15, 0.2) is 11.5 Å². The third-order valence-corrected chi connectivity index (χ3v) is 7.58. The molecule has 1 aliphatic rings. The summed E-state index contributed by atoms with van der Waals surface area (Å²) in [5.74, 6) is 0.298. The van der Waals surface area contributed by atoms with Crippen molar-refractivity contribution in [2.75, 3.05) is 6.61 Å². The molecule has 2 aromatic heterocycles. The molecule has 0 bridgehead atoms. The van der Waals surface area contributed by atoms with Crippen LogP contribution in [0.5, 0.6) is 0 Å². The SMILES string of the molecule is Cc1cn(COCC[Si](C)(C)C)nc1-n1cc(B2OC(C)(C)C(C)(C)O2)c(C(F)(F)F)n1. The zero-order valence-corrected chi connectivity index (χ0v) is 21.0. The van der Waals surface area contributed by atoms with Crippen molar-refractivity contribution in [1.82, 2.24) is 19.6 Å². The van der Waals surface area contributed by atoms with Crippen molar-refractivity contribution in [3.05, 3.63) is 23.7 Å². The molecular formula is C20H32BF3N4O3Si. The molecule has 0 N–H and O–H groups in total. The number of halogens is 3. The van der Waals surface area contributed by atoms with Crippen LogP contribution in [0, 0.1) is 6.92 Å². The lowest BCUT2D eigenvalue weighted by atomic mass is 9.79. The molecule has 0 unspecified atom stereocenters. The van der Waals surface area contributed by atoms with Gasteiger partial charge in [-0.15, -0.1) is 0 Å².